The van der Waals surface area contributed by atoms with Gasteiger partial charge in [-0.2, -0.15) is 0 Å². The van der Waals surface area contributed by atoms with E-state index in [1.165, 1.54) is 0 Å². The smallest absolute Gasteiger partial charge is 0.239 e. The zero-order chi connectivity index (χ0) is 18.0. The SMILES string of the molecule is Cc1cc(CN2CCN(C(C)C(=O)N3CC(C)OC(C)C3)CC2)no1. The fraction of sp³-hybridized carbons (Fsp3) is 0.778. The Labute approximate surface area is 149 Å². The number of nitrogens with zero attached hydrogens (tertiary/aromatic N) is 4. The van der Waals surface area contributed by atoms with Gasteiger partial charge in [0.25, 0.3) is 0 Å². The third-order valence-corrected chi connectivity index (χ3v) is 5.11. The summed E-state index contributed by atoms with van der Waals surface area (Å²) in [5.74, 6) is 1.07. The number of carbonyl (C=O) groups excluding carboxylic acids is 1. The number of hydrogen-bond acceptors (Lipinski definition) is 6. The van der Waals surface area contributed by atoms with Crippen molar-refractivity contribution in [1.82, 2.24) is 19.9 Å². The summed E-state index contributed by atoms with van der Waals surface area (Å²) in [5.41, 5.74) is 0.978. The van der Waals surface area contributed by atoms with Crippen LogP contribution in [0.1, 0.15) is 32.2 Å². The van der Waals surface area contributed by atoms with Crippen LogP contribution in [0, 0.1) is 6.92 Å². The van der Waals surface area contributed by atoms with E-state index in [2.05, 4.69) is 15.0 Å². The molecule has 3 atom stereocenters. The van der Waals surface area contributed by atoms with Crippen molar-refractivity contribution in [2.75, 3.05) is 39.3 Å². The quantitative estimate of drug-likeness (QED) is 0.811. The number of piperazine rings is 1. The van der Waals surface area contributed by atoms with Gasteiger partial charge in [0.05, 0.1) is 23.9 Å². The summed E-state index contributed by atoms with van der Waals surface area (Å²) in [4.78, 5) is 19.5. The summed E-state index contributed by atoms with van der Waals surface area (Å²) >= 11 is 0. The second-order valence-corrected chi connectivity index (χ2v) is 7.42. The van der Waals surface area contributed by atoms with Crippen molar-refractivity contribution in [1.29, 1.82) is 0 Å². The molecule has 0 N–H and O–H groups in total. The highest BCUT2D eigenvalue weighted by Gasteiger charge is 2.32. The van der Waals surface area contributed by atoms with Gasteiger partial charge in [-0.25, -0.2) is 0 Å². The number of carbonyl (C=O) groups is 1. The van der Waals surface area contributed by atoms with E-state index in [0.717, 1.165) is 44.2 Å². The molecule has 140 valence electrons. The first-order chi connectivity index (χ1) is 11.9. The molecule has 1 amide bonds. The Morgan fingerprint density at radius 1 is 1.24 bits per heavy atom. The molecule has 0 saturated carbocycles. The van der Waals surface area contributed by atoms with E-state index in [-0.39, 0.29) is 24.2 Å². The maximum absolute atomic E-state index is 12.9. The van der Waals surface area contributed by atoms with Crippen molar-refractivity contribution in [2.24, 2.45) is 0 Å². The fourth-order valence-electron chi connectivity index (χ4n) is 3.81. The summed E-state index contributed by atoms with van der Waals surface area (Å²) in [6.45, 7) is 13.9. The molecule has 2 aliphatic rings. The van der Waals surface area contributed by atoms with Gasteiger partial charge in [0.15, 0.2) is 0 Å². The average molecular weight is 350 g/mol. The molecule has 2 fully saturated rings. The van der Waals surface area contributed by atoms with Crippen LogP contribution in [0.2, 0.25) is 0 Å². The maximum atomic E-state index is 12.9. The van der Waals surface area contributed by atoms with Gasteiger partial charge in [0.2, 0.25) is 5.91 Å². The van der Waals surface area contributed by atoms with Gasteiger partial charge in [-0.1, -0.05) is 5.16 Å². The van der Waals surface area contributed by atoms with E-state index < -0.39 is 0 Å². The van der Waals surface area contributed by atoms with E-state index >= 15 is 0 Å². The van der Waals surface area contributed by atoms with Crippen LogP contribution in [0.3, 0.4) is 0 Å². The Balaban J connectivity index is 1.49. The topological polar surface area (TPSA) is 62.0 Å². The molecule has 3 unspecified atom stereocenters. The number of rotatable bonds is 4. The molecular formula is C18H30N4O3. The number of aryl methyl sites for hydroxylation is 1. The van der Waals surface area contributed by atoms with Crippen molar-refractivity contribution in [3.8, 4) is 0 Å². The molecule has 0 aliphatic carbocycles. The third-order valence-electron chi connectivity index (χ3n) is 5.11. The van der Waals surface area contributed by atoms with Gasteiger partial charge in [0, 0.05) is 51.9 Å². The minimum absolute atomic E-state index is 0.0751. The van der Waals surface area contributed by atoms with Gasteiger partial charge in [-0.3, -0.25) is 14.6 Å². The van der Waals surface area contributed by atoms with Gasteiger partial charge in [-0.15, -0.1) is 0 Å². The molecule has 0 bridgehead atoms. The first-order valence-corrected chi connectivity index (χ1v) is 9.25. The predicted molar refractivity (Wildman–Crippen MR) is 94.1 cm³/mol. The average Bonchev–Trinajstić information content (AvgIpc) is 2.98. The van der Waals surface area contributed by atoms with Crippen molar-refractivity contribution in [2.45, 2.75) is 52.5 Å². The lowest BCUT2D eigenvalue weighted by atomic mass is 10.1. The van der Waals surface area contributed by atoms with Crippen molar-refractivity contribution in [3.63, 3.8) is 0 Å². The number of amides is 1. The van der Waals surface area contributed by atoms with E-state index in [0.29, 0.717) is 13.1 Å². The standard InChI is InChI=1S/C18H30N4O3/c1-13-9-17(19-25-13)12-20-5-7-21(8-6-20)16(4)18(23)22-10-14(2)24-15(3)11-22/h9,14-16H,5-8,10-12H2,1-4H3. The monoisotopic (exact) mass is 350 g/mol. The molecule has 1 aromatic rings. The highest BCUT2D eigenvalue weighted by molar-refractivity contribution is 5.81. The molecule has 2 aliphatic heterocycles. The van der Waals surface area contributed by atoms with E-state index in [4.69, 9.17) is 9.26 Å². The molecule has 0 radical (unpaired) electrons. The van der Waals surface area contributed by atoms with Crippen molar-refractivity contribution >= 4 is 5.91 Å². The van der Waals surface area contributed by atoms with Gasteiger partial charge in [0.1, 0.15) is 5.76 Å². The highest BCUT2D eigenvalue weighted by atomic mass is 16.5. The lowest BCUT2D eigenvalue weighted by Gasteiger charge is -2.41. The van der Waals surface area contributed by atoms with E-state index in [9.17, 15) is 4.79 Å². The lowest BCUT2D eigenvalue weighted by Crippen LogP contribution is -2.57. The van der Waals surface area contributed by atoms with Gasteiger partial charge >= 0.3 is 0 Å². The minimum atomic E-state index is -0.0751. The van der Waals surface area contributed by atoms with Crippen molar-refractivity contribution < 1.29 is 14.1 Å². The first-order valence-electron chi connectivity index (χ1n) is 9.25. The second-order valence-electron chi connectivity index (χ2n) is 7.42. The van der Waals surface area contributed by atoms with Gasteiger partial charge in [-0.05, 0) is 27.7 Å². The Morgan fingerprint density at radius 3 is 2.44 bits per heavy atom. The molecule has 0 spiro atoms. The Morgan fingerprint density at radius 2 is 1.88 bits per heavy atom. The zero-order valence-corrected chi connectivity index (χ0v) is 15.8. The predicted octanol–water partition coefficient (Wildman–Crippen LogP) is 1.12. The minimum Gasteiger partial charge on any atom is -0.372 e. The summed E-state index contributed by atoms with van der Waals surface area (Å²) in [7, 11) is 0. The molecule has 3 heterocycles. The van der Waals surface area contributed by atoms with Gasteiger partial charge < -0.3 is 14.2 Å². The summed E-state index contributed by atoms with van der Waals surface area (Å²) in [5, 5.41) is 4.06. The Bertz CT molecular complexity index is 573. The normalized spacial score (nSPS) is 27.4. The summed E-state index contributed by atoms with van der Waals surface area (Å²) < 4.78 is 10.9. The largest absolute Gasteiger partial charge is 0.372 e. The van der Waals surface area contributed by atoms with Crippen LogP contribution in [0.5, 0.6) is 0 Å². The Hall–Kier alpha value is -1.44. The third kappa shape index (κ3) is 4.59. The van der Waals surface area contributed by atoms with Crippen LogP contribution in [0.25, 0.3) is 0 Å². The molecule has 7 nitrogen and oxygen atoms in total. The number of morpholine rings is 1. The fourth-order valence-corrected chi connectivity index (χ4v) is 3.81. The summed E-state index contributed by atoms with van der Waals surface area (Å²) in [6.07, 6.45) is 0.227. The molecule has 25 heavy (non-hydrogen) atoms. The van der Waals surface area contributed by atoms with Crippen LogP contribution < -0.4 is 0 Å². The number of ether oxygens (including phenoxy) is 1. The molecule has 7 heteroatoms. The first kappa shape index (κ1) is 18.4. The second kappa shape index (κ2) is 7.85. The number of hydrogen-bond donors (Lipinski definition) is 0. The molecular weight excluding hydrogens is 320 g/mol. The lowest BCUT2D eigenvalue weighted by molar-refractivity contribution is -0.148. The van der Waals surface area contributed by atoms with Crippen molar-refractivity contribution in [3.05, 3.63) is 17.5 Å². The summed E-state index contributed by atoms with van der Waals surface area (Å²) in [6, 6.07) is 1.91. The van der Waals surface area contributed by atoms with Crippen LogP contribution >= 0.6 is 0 Å². The highest BCUT2D eigenvalue weighted by Crippen LogP contribution is 2.16. The maximum Gasteiger partial charge on any atom is 0.239 e. The number of aromatic nitrogens is 1. The van der Waals surface area contributed by atoms with Crippen LogP contribution in [-0.2, 0) is 16.1 Å². The zero-order valence-electron chi connectivity index (χ0n) is 15.8. The van der Waals surface area contributed by atoms with E-state index in [1.54, 1.807) is 0 Å². The molecule has 3 rings (SSSR count). The molecule has 0 aromatic carbocycles. The molecule has 2 saturated heterocycles. The van der Waals surface area contributed by atoms with E-state index in [1.807, 2.05) is 38.7 Å². The van der Waals surface area contributed by atoms with Crippen LogP contribution in [0.15, 0.2) is 10.6 Å². The van der Waals surface area contributed by atoms with Crippen LogP contribution in [0.4, 0.5) is 0 Å². The van der Waals surface area contributed by atoms with Crippen LogP contribution in [-0.4, -0.2) is 83.3 Å². The Kier molecular flexibility index (Phi) is 5.76. The molecule has 1 aromatic heterocycles.